The molecule has 0 aliphatic carbocycles. The van der Waals surface area contributed by atoms with Crippen LogP contribution in [0.3, 0.4) is 0 Å². The summed E-state index contributed by atoms with van der Waals surface area (Å²) < 4.78 is 5.37. The van der Waals surface area contributed by atoms with Crippen molar-refractivity contribution < 1.29 is 9.53 Å². The van der Waals surface area contributed by atoms with E-state index in [0.717, 1.165) is 69.7 Å². The van der Waals surface area contributed by atoms with E-state index >= 15 is 0 Å². The maximum Gasteiger partial charge on any atom is 0.306 e. The van der Waals surface area contributed by atoms with Crippen LogP contribution in [-0.4, -0.2) is 136 Å². The molecule has 6 heterocycles. The zero-order chi connectivity index (χ0) is 40.8. The largest absolute Gasteiger partial charge is 0.460 e. The van der Waals surface area contributed by atoms with Crippen molar-refractivity contribution in [2.75, 3.05) is 105 Å². The summed E-state index contributed by atoms with van der Waals surface area (Å²) in [7, 11) is 4.24. The van der Waals surface area contributed by atoms with E-state index in [0.29, 0.717) is 67.1 Å². The highest BCUT2D eigenvalue weighted by Crippen LogP contribution is 2.29. The molecule has 4 aromatic heterocycles. The van der Waals surface area contributed by atoms with E-state index < -0.39 is 5.60 Å². The van der Waals surface area contributed by atoms with Gasteiger partial charge in [0, 0.05) is 89.0 Å². The van der Waals surface area contributed by atoms with Crippen molar-refractivity contribution in [3.63, 3.8) is 0 Å². The molecule has 0 amide bonds. The number of aromatic nitrogens is 6. The molecule has 2 aliphatic rings. The molecule has 57 heavy (non-hydrogen) atoms. The SMILES string of the molecule is CN1CCN(c2cc(Nc3ncc(C#N)s3)nc(SCCCC(=O)OC(C)(C)C)n2)CC1.CN1CCN(c2cc(Nc3ncc(C#N)s3)nc(SCCN)n2)CC1. The minimum absolute atomic E-state index is 0.190. The van der Waals surface area contributed by atoms with E-state index in [1.807, 2.05) is 32.9 Å². The van der Waals surface area contributed by atoms with Crippen LogP contribution in [0.25, 0.3) is 0 Å². The molecule has 17 nitrogen and oxygen atoms in total. The number of thioether (sulfide) groups is 2. The highest BCUT2D eigenvalue weighted by atomic mass is 32.2. The van der Waals surface area contributed by atoms with Gasteiger partial charge in [0.15, 0.2) is 20.6 Å². The van der Waals surface area contributed by atoms with Crippen molar-refractivity contribution in [2.45, 2.75) is 49.5 Å². The van der Waals surface area contributed by atoms with Gasteiger partial charge in [0.25, 0.3) is 0 Å². The summed E-state index contributed by atoms with van der Waals surface area (Å²) in [6.45, 7) is 13.8. The Morgan fingerprint density at radius 2 is 1.25 bits per heavy atom. The predicted octanol–water partition coefficient (Wildman–Crippen LogP) is 4.87. The Morgan fingerprint density at radius 3 is 1.65 bits per heavy atom. The number of rotatable bonds is 14. The molecule has 4 N–H and O–H groups in total. The Labute approximate surface area is 350 Å². The van der Waals surface area contributed by atoms with Crippen LogP contribution in [-0.2, 0) is 9.53 Å². The molecule has 6 rings (SSSR count). The molecule has 0 aromatic carbocycles. The Bertz CT molecular complexity index is 1990. The van der Waals surface area contributed by atoms with Crippen LogP contribution >= 0.6 is 46.2 Å². The quantitative estimate of drug-likeness (QED) is 0.0668. The van der Waals surface area contributed by atoms with E-state index in [1.54, 1.807) is 12.4 Å². The molecule has 0 radical (unpaired) electrons. The van der Waals surface area contributed by atoms with E-state index in [4.69, 9.17) is 26.0 Å². The fraction of sp³-hybridized carbons (Fsp3) is 0.528. The third-order valence-corrected chi connectivity index (χ3v) is 11.7. The second kappa shape index (κ2) is 21.4. The molecule has 304 valence electrons. The number of nitriles is 2. The lowest BCUT2D eigenvalue weighted by Crippen LogP contribution is -2.44. The molecule has 0 atom stereocenters. The highest BCUT2D eigenvalue weighted by molar-refractivity contribution is 7.99. The third-order valence-electron chi connectivity index (χ3n) is 8.27. The first kappa shape index (κ1) is 43.8. The van der Waals surface area contributed by atoms with Gasteiger partial charge in [0.05, 0.1) is 12.4 Å². The van der Waals surface area contributed by atoms with Gasteiger partial charge >= 0.3 is 5.97 Å². The first-order valence-corrected chi connectivity index (χ1v) is 22.1. The van der Waals surface area contributed by atoms with Crippen LogP contribution in [0.15, 0.2) is 34.8 Å². The van der Waals surface area contributed by atoms with E-state index in [2.05, 4.69) is 81.4 Å². The maximum absolute atomic E-state index is 11.9. The Kier molecular flexibility index (Phi) is 16.4. The summed E-state index contributed by atoms with van der Waals surface area (Å²) in [6, 6.07) is 8.05. The Balaban J connectivity index is 0.000000224. The van der Waals surface area contributed by atoms with Gasteiger partial charge in [-0.3, -0.25) is 4.79 Å². The lowest BCUT2D eigenvalue weighted by molar-refractivity contribution is -0.154. The van der Waals surface area contributed by atoms with E-state index in [-0.39, 0.29) is 5.97 Å². The summed E-state index contributed by atoms with van der Waals surface area (Å²) in [6.07, 6.45) is 4.15. The van der Waals surface area contributed by atoms with Gasteiger partial charge in [-0.1, -0.05) is 46.2 Å². The van der Waals surface area contributed by atoms with Gasteiger partial charge in [0.2, 0.25) is 0 Å². The summed E-state index contributed by atoms with van der Waals surface area (Å²) >= 11 is 5.64. The number of nitrogens with two attached hydrogens (primary N) is 1. The fourth-order valence-corrected chi connectivity index (χ4v) is 8.04. The number of likely N-dealkylation sites (N-methyl/N-ethyl adjacent to an activating group) is 2. The summed E-state index contributed by atoms with van der Waals surface area (Å²) in [5, 5.41) is 27.0. The fourth-order valence-electron chi connectivity index (χ4n) is 5.39. The number of piperazine rings is 2. The summed E-state index contributed by atoms with van der Waals surface area (Å²) in [4.78, 5) is 49.2. The minimum Gasteiger partial charge on any atom is -0.460 e. The summed E-state index contributed by atoms with van der Waals surface area (Å²) in [5.74, 6) is 4.38. The molecule has 0 saturated carbocycles. The number of carbonyl (C=O) groups is 1. The highest BCUT2D eigenvalue weighted by Gasteiger charge is 2.20. The lowest BCUT2D eigenvalue weighted by atomic mass is 10.2. The third kappa shape index (κ3) is 14.5. The number of thiazole rings is 2. The van der Waals surface area contributed by atoms with Crippen LogP contribution in [0.5, 0.6) is 0 Å². The molecule has 21 heteroatoms. The van der Waals surface area contributed by atoms with Gasteiger partial charge in [-0.15, -0.1) is 0 Å². The van der Waals surface area contributed by atoms with E-state index in [9.17, 15) is 4.79 Å². The molecular formula is C36H49N15O2S4. The average Bonchev–Trinajstić information content (AvgIpc) is 3.85. The van der Waals surface area contributed by atoms with Gasteiger partial charge in [-0.25, -0.2) is 29.9 Å². The number of nitrogens with zero attached hydrogens (tertiary/aromatic N) is 12. The molecule has 2 fully saturated rings. The molecule has 0 unspecified atom stereocenters. The smallest absolute Gasteiger partial charge is 0.306 e. The second-order valence-corrected chi connectivity index (χ2v) is 18.3. The van der Waals surface area contributed by atoms with E-state index in [1.165, 1.54) is 46.2 Å². The summed E-state index contributed by atoms with van der Waals surface area (Å²) in [5.41, 5.74) is 5.14. The van der Waals surface area contributed by atoms with Crippen LogP contribution in [0.4, 0.5) is 33.5 Å². The lowest BCUT2D eigenvalue weighted by Gasteiger charge is -2.33. The number of carbonyl (C=O) groups excluding carboxylic acids is 1. The normalized spacial score (nSPS) is 14.9. The number of nitrogens with one attached hydrogen (secondary N) is 2. The van der Waals surface area contributed by atoms with Gasteiger partial charge in [-0.05, 0) is 41.3 Å². The zero-order valence-electron chi connectivity index (χ0n) is 32.9. The van der Waals surface area contributed by atoms with Gasteiger partial charge < -0.3 is 40.7 Å². The first-order chi connectivity index (χ1) is 27.4. The first-order valence-electron chi connectivity index (χ1n) is 18.5. The van der Waals surface area contributed by atoms with Crippen LogP contribution in [0.2, 0.25) is 0 Å². The van der Waals surface area contributed by atoms with Crippen molar-refractivity contribution in [1.82, 2.24) is 39.7 Å². The van der Waals surface area contributed by atoms with Gasteiger partial charge in [0.1, 0.15) is 50.8 Å². The van der Waals surface area contributed by atoms with Crippen molar-refractivity contribution >= 4 is 85.7 Å². The number of anilines is 6. The molecule has 4 aromatic rings. The Hall–Kier alpha value is -4.35. The number of esters is 1. The van der Waals surface area contributed by atoms with Crippen LogP contribution < -0.4 is 26.2 Å². The van der Waals surface area contributed by atoms with Crippen molar-refractivity contribution in [2.24, 2.45) is 5.73 Å². The average molecular weight is 852 g/mol. The zero-order valence-corrected chi connectivity index (χ0v) is 36.2. The molecule has 2 saturated heterocycles. The number of hydrogen-bond donors (Lipinski definition) is 3. The maximum atomic E-state index is 11.9. The molecule has 2 aliphatic heterocycles. The van der Waals surface area contributed by atoms with Crippen molar-refractivity contribution in [3.8, 4) is 12.1 Å². The van der Waals surface area contributed by atoms with Gasteiger partial charge in [-0.2, -0.15) is 10.5 Å². The molecule has 0 bridgehead atoms. The second-order valence-electron chi connectivity index (χ2n) is 14.1. The minimum atomic E-state index is -0.466. The van der Waals surface area contributed by atoms with Crippen LogP contribution in [0.1, 0.15) is 43.4 Å². The van der Waals surface area contributed by atoms with Crippen LogP contribution in [0, 0.1) is 22.7 Å². The topological polar surface area (TPSA) is 214 Å². The monoisotopic (exact) mass is 851 g/mol. The number of hydrogen-bond acceptors (Lipinski definition) is 21. The number of ether oxygens (including phenoxy) is 1. The molecule has 0 spiro atoms. The molecular weight excluding hydrogens is 803 g/mol. The van der Waals surface area contributed by atoms with Crippen molar-refractivity contribution in [3.05, 3.63) is 34.3 Å². The van der Waals surface area contributed by atoms with Crippen molar-refractivity contribution in [1.29, 1.82) is 10.5 Å². The Morgan fingerprint density at radius 1 is 0.789 bits per heavy atom. The standard InChI is InChI=1S/C21H29N7O2S2.C15H20N8S2/c1-21(2,3)30-18(29)6-5-11-31-20-25-16(24-19-23-14-15(13-22)32-19)12-17(26-20)28-9-7-27(4)8-10-28;1-22-3-5-23(6-4-22)13-8-12(20-15(21-13)24-7-2-16)19-14-18-10-11(9-17)25-14/h12,14H,5-11H2,1-4H3,(H,23,24,25,26);8,10H,2-7,16H2,1H3,(H,18,19,20,21). The predicted molar refractivity (Wildman–Crippen MR) is 229 cm³/mol.